The molecule has 1 fully saturated rings. The van der Waals surface area contributed by atoms with E-state index >= 15 is 0 Å². The Kier molecular flexibility index (Phi) is 6.84. The van der Waals surface area contributed by atoms with Gasteiger partial charge in [-0.3, -0.25) is 4.79 Å². The first-order valence-electron chi connectivity index (χ1n) is 7.95. The third kappa shape index (κ3) is 4.79. The van der Waals surface area contributed by atoms with Crippen LogP contribution in [0.2, 0.25) is 0 Å². The van der Waals surface area contributed by atoms with Crippen molar-refractivity contribution in [3.05, 3.63) is 0 Å². The monoisotopic (exact) mass is 269 g/mol. The number of carbonyl (C=O) groups is 1. The summed E-state index contributed by atoms with van der Waals surface area (Å²) in [5.41, 5.74) is 0.0758. The van der Waals surface area contributed by atoms with Gasteiger partial charge in [-0.05, 0) is 56.3 Å². The number of rotatable bonds is 7. The highest BCUT2D eigenvalue weighted by Gasteiger charge is 2.29. The SMILES string of the molecule is CCC(CC)(CCO)CNC(=O)C1CCC(C)CC1. The topological polar surface area (TPSA) is 49.3 Å². The molecule has 19 heavy (non-hydrogen) atoms. The van der Waals surface area contributed by atoms with Crippen LogP contribution in [0.5, 0.6) is 0 Å². The summed E-state index contributed by atoms with van der Waals surface area (Å²) in [6.07, 6.45) is 7.24. The molecule has 0 aromatic rings. The standard InChI is InChI=1S/C16H31NO2/c1-4-16(5-2,10-11-18)12-17-15(19)14-8-6-13(3)7-9-14/h13-14,18H,4-12H2,1-3H3,(H,17,19). The molecule has 0 radical (unpaired) electrons. The Morgan fingerprint density at radius 3 is 2.26 bits per heavy atom. The molecule has 0 unspecified atom stereocenters. The van der Waals surface area contributed by atoms with E-state index in [2.05, 4.69) is 26.1 Å². The van der Waals surface area contributed by atoms with Crippen molar-refractivity contribution < 1.29 is 9.90 Å². The van der Waals surface area contributed by atoms with Crippen LogP contribution in [0.3, 0.4) is 0 Å². The van der Waals surface area contributed by atoms with E-state index in [9.17, 15) is 9.90 Å². The van der Waals surface area contributed by atoms with E-state index in [4.69, 9.17) is 0 Å². The number of hydrogen-bond acceptors (Lipinski definition) is 2. The summed E-state index contributed by atoms with van der Waals surface area (Å²) in [7, 11) is 0. The summed E-state index contributed by atoms with van der Waals surface area (Å²) in [5, 5.41) is 12.3. The Morgan fingerprint density at radius 1 is 1.21 bits per heavy atom. The fourth-order valence-electron chi connectivity index (χ4n) is 3.12. The minimum absolute atomic E-state index is 0.0758. The minimum Gasteiger partial charge on any atom is -0.396 e. The Balaban J connectivity index is 2.43. The predicted molar refractivity (Wildman–Crippen MR) is 78.8 cm³/mol. The van der Waals surface area contributed by atoms with Crippen LogP contribution in [-0.2, 0) is 4.79 Å². The lowest BCUT2D eigenvalue weighted by Crippen LogP contribution is -2.41. The zero-order valence-corrected chi connectivity index (χ0v) is 12.9. The maximum atomic E-state index is 12.2. The van der Waals surface area contributed by atoms with Crippen LogP contribution in [0.25, 0.3) is 0 Å². The lowest BCUT2D eigenvalue weighted by Gasteiger charge is -2.33. The maximum Gasteiger partial charge on any atom is 0.223 e. The molecule has 0 saturated heterocycles. The van der Waals surface area contributed by atoms with Gasteiger partial charge in [0.1, 0.15) is 0 Å². The molecule has 3 nitrogen and oxygen atoms in total. The van der Waals surface area contributed by atoms with Crippen molar-refractivity contribution in [2.75, 3.05) is 13.2 Å². The van der Waals surface area contributed by atoms with Crippen LogP contribution in [-0.4, -0.2) is 24.2 Å². The predicted octanol–water partition coefficient (Wildman–Crippen LogP) is 3.12. The summed E-state index contributed by atoms with van der Waals surface area (Å²) in [5.74, 6) is 1.23. The molecular weight excluding hydrogens is 238 g/mol. The highest BCUT2D eigenvalue weighted by atomic mass is 16.3. The van der Waals surface area contributed by atoms with E-state index < -0.39 is 0 Å². The highest BCUT2D eigenvalue weighted by Crippen LogP contribution is 2.31. The molecule has 0 spiro atoms. The van der Waals surface area contributed by atoms with Crippen LogP contribution in [0, 0.1) is 17.3 Å². The molecule has 2 N–H and O–H groups in total. The lowest BCUT2D eigenvalue weighted by molar-refractivity contribution is -0.126. The van der Waals surface area contributed by atoms with Gasteiger partial charge in [0.15, 0.2) is 0 Å². The lowest BCUT2D eigenvalue weighted by atomic mass is 9.78. The van der Waals surface area contributed by atoms with E-state index in [0.29, 0.717) is 6.54 Å². The van der Waals surface area contributed by atoms with Crippen LogP contribution in [0.1, 0.15) is 65.7 Å². The summed E-state index contributed by atoms with van der Waals surface area (Å²) in [6.45, 7) is 7.49. The van der Waals surface area contributed by atoms with Gasteiger partial charge in [0, 0.05) is 19.1 Å². The first kappa shape index (κ1) is 16.5. The zero-order chi connectivity index (χ0) is 14.3. The number of hydrogen-bond donors (Lipinski definition) is 2. The molecule has 0 aliphatic heterocycles. The van der Waals surface area contributed by atoms with Gasteiger partial charge in [-0.15, -0.1) is 0 Å². The van der Waals surface area contributed by atoms with E-state index in [0.717, 1.165) is 38.0 Å². The van der Waals surface area contributed by atoms with Gasteiger partial charge in [0.05, 0.1) is 0 Å². The number of nitrogens with one attached hydrogen (secondary N) is 1. The van der Waals surface area contributed by atoms with E-state index in [-0.39, 0.29) is 23.8 Å². The molecule has 1 rings (SSSR count). The Bertz CT molecular complexity index is 266. The zero-order valence-electron chi connectivity index (χ0n) is 12.9. The second-order valence-corrected chi connectivity index (χ2v) is 6.36. The normalized spacial score (nSPS) is 24.2. The molecule has 0 heterocycles. The third-order valence-corrected chi connectivity index (χ3v) is 5.17. The largest absolute Gasteiger partial charge is 0.396 e. The Hall–Kier alpha value is -0.570. The van der Waals surface area contributed by atoms with E-state index in [1.165, 1.54) is 12.8 Å². The van der Waals surface area contributed by atoms with Gasteiger partial charge >= 0.3 is 0 Å². The molecule has 3 heteroatoms. The average molecular weight is 269 g/mol. The van der Waals surface area contributed by atoms with E-state index in [1.54, 1.807) is 0 Å². The van der Waals surface area contributed by atoms with Gasteiger partial charge in [-0.1, -0.05) is 20.8 Å². The maximum absolute atomic E-state index is 12.2. The quantitative estimate of drug-likeness (QED) is 0.746. The summed E-state index contributed by atoms with van der Waals surface area (Å²) >= 11 is 0. The molecule has 0 atom stereocenters. The molecule has 1 saturated carbocycles. The molecule has 0 aromatic carbocycles. The van der Waals surface area contributed by atoms with Crippen molar-refractivity contribution in [3.8, 4) is 0 Å². The summed E-state index contributed by atoms with van der Waals surface area (Å²) in [6, 6.07) is 0. The van der Waals surface area contributed by atoms with Gasteiger partial charge in [0.25, 0.3) is 0 Å². The van der Waals surface area contributed by atoms with Gasteiger partial charge in [0.2, 0.25) is 5.91 Å². The van der Waals surface area contributed by atoms with Crippen molar-refractivity contribution >= 4 is 5.91 Å². The van der Waals surface area contributed by atoms with Crippen molar-refractivity contribution in [2.24, 2.45) is 17.3 Å². The second kappa shape index (κ2) is 7.88. The fourth-order valence-corrected chi connectivity index (χ4v) is 3.12. The number of aliphatic hydroxyl groups excluding tert-OH is 1. The van der Waals surface area contributed by atoms with Crippen LogP contribution >= 0.6 is 0 Å². The van der Waals surface area contributed by atoms with Crippen LogP contribution in [0.15, 0.2) is 0 Å². The molecular formula is C16H31NO2. The van der Waals surface area contributed by atoms with Crippen molar-refractivity contribution in [1.29, 1.82) is 0 Å². The summed E-state index contributed by atoms with van der Waals surface area (Å²) in [4.78, 5) is 12.2. The van der Waals surface area contributed by atoms with Crippen molar-refractivity contribution in [2.45, 2.75) is 65.7 Å². The fraction of sp³-hybridized carbons (Fsp3) is 0.938. The first-order chi connectivity index (χ1) is 9.06. The molecule has 1 aliphatic carbocycles. The first-order valence-corrected chi connectivity index (χ1v) is 7.95. The Morgan fingerprint density at radius 2 is 1.79 bits per heavy atom. The van der Waals surface area contributed by atoms with Gasteiger partial charge in [-0.25, -0.2) is 0 Å². The van der Waals surface area contributed by atoms with Crippen LogP contribution in [0.4, 0.5) is 0 Å². The molecule has 1 aliphatic rings. The second-order valence-electron chi connectivity index (χ2n) is 6.36. The highest BCUT2D eigenvalue weighted by molar-refractivity contribution is 5.78. The molecule has 0 aromatic heterocycles. The van der Waals surface area contributed by atoms with Gasteiger partial charge < -0.3 is 10.4 Å². The molecule has 1 amide bonds. The number of amides is 1. The van der Waals surface area contributed by atoms with Crippen LogP contribution < -0.4 is 5.32 Å². The average Bonchev–Trinajstić information content (AvgIpc) is 2.44. The van der Waals surface area contributed by atoms with E-state index in [1.807, 2.05) is 0 Å². The number of carbonyl (C=O) groups excluding carboxylic acids is 1. The van der Waals surface area contributed by atoms with Crippen molar-refractivity contribution in [3.63, 3.8) is 0 Å². The Labute approximate surface area is 118 Å². The minimum atomic E-state index is 0.0758. The molecule has 0 bridgehead atoms. The van der Waals surface area contributed by atoms with Gasteiger partial charge in [-0.2, -0.15) is 0 Å². The smallest absolute Gasteiger partial charge is 0.223 e. The summed E-state index contributed by atoms with van der Waals surface area (Å²) < 4.78 is 0. The number of aliphatic hydroxyl groups is 1. The van der Waals surface area contributed by atoms with Crippen molar-refractivity contribution in [1.82, 2.24) is 5.32 Å². The molecule has 112 valence electrons. The third-order valence-electron chi connectivity index (χ3n) is 5.17.